The number of amides is 1. The quantitative estimate of drug-likeness (QED) is 0.437. The summed E-state index contributed by atoms with van der Waals surface area (Å²) in [5.74, 6) is -0.502. The molecule has 0 saturated carbocycles. The molecular weight excluding hydrogens is 433 g/mol. The van der Waals surface area contributed by atoms with Crippen molar-refractivity contribution in [2.45, 2.75) is 20.8 Å². The Labute approximate surface area is 184 Å². The lowest BCUT2D eigenvalue weighted by Gasteiger charge is -2.10. The Hall–Kier alpha value is -3.99. The third-order valence-corrected chi connectivity index (χ3v) is 5.94. The van der Waals surface area contributed by atoms with E-state index in [0.717, 1.165) is 9.75 Å². The first-order chi connectivity index (χ1) is 15.4. The number of tetrazole rings is 1. The van der Waals surface area contributed by atoms with E-state index in [4.69, 9.17) is 4.52 Å². The number of carbonyl (C=O) groups excluding carboxylic acids is 1. The van der Waals surface area contributed by atoms with Gasteiger partial charge in [-0.05, 0) is 67.6 Å². The van der Waals surface area contributed by atoms with Crippen LogP contribution in [0.5, 0.6) is 0 Å². The first-order valence-corrected chi connectivity index (χ1v) is 10.4. The van der Waals surface area contributed by atoms with Crippen LogP contribution in [0.1, 0.15) is 26.8 Å². The van der Waals surface area contributed by atoms with Gasteiger partial charge >= 0.3 is 0 Å². The predicted molar refractivity (Wildman–Crippen MR) is 116 cm³/mol. The number of hydrogen-bond acceptors (Lipinski definition) is 8. The minimum Gasteiger partial charge on any atom is -0.335 e. The molecule has 5 rings (SSSR count). The highest BCUT2D eigenvalue weighted by molar-refractivity contribution is 7.15. The fourth-order valence-corrected chi connectivity index (χ4v) is 4.21. The Morgan fingerprint density at radius 2 is 2.00 bits per heavy atom. The maximum atomic E-state index is 14.4. The molecule has 0 atom stereocenters. The maximum Gasteiger partial charge on any atom is 0.259 e. The third-order valence-electron chi connectivity index (χ3n) is 4.91. The van der Waals surface area contributed by atoms with Gasteiger partial charge in [0.1, 0.15) is 11.5 Å². The molecule has 4 aromatic heterocycles. The summed E-state index contributed by atoms with van der Waals surface area (Å²) in [5, 5.41) is 18.4. The SMILES string of the molecule is Cc1ccc(-c2cc(C(=O)Nc3ccc(F)c(-n4nnnc4C)c3)c3c(C)noc3n2)s1. The Bertz CT molecular complexity index is 1490. The smallest absolute Gasteiger partial charge is 0.259 e. The summed E-state index contributed by atoms with van der Waals surface area (Å²) >= 11 is 1.56. The lowest BCUT2D eigenvalue weighted by atomic mass is 10.1. The van der Waals surface area contributed by atoms with Crippen LogP contribution in [0.3, 0.4) is 0 Å². The van der Waals surface area contributed by atoms with Gasteiger partial charge in [-0.3, -0.25) is 4.79 Å². The Balaban J connectivity index is 1.56. The molecule has 0 aliphatic rings. The van der Waals surface area contributed by atoms with Crippen LogP contribution < -0.4 is 5.32 Å². The summed E-state index contributed by atoms with van der Waals surface area (Å²) < 4.78 is 21.0. The molecule has 160 valence electrons. The number of fused-ring (bicyclic) bond motifs is 1. The van der Waals surface area contributed by atoms with E-state index in [1.165, 1.54) is 22.9 Å². The molecule has 1 aromatic carbocycles. The Morgan fingerprint density at radius 1 is 1.16 bits per heavy atom. The van der Waals surface area contributed by atoms with E-state index in [-0.39, 0.29) is 11.4 Å². The van der Waals surface area contributed by atoms with Crippen molar-refractivity contribution in [1.29, 1.82) is 0 Å². The standard InChI is InChI=1S/C21H16FN7O2S/c1-10-4-7-18(32-10)16-9-14(19-11(2)26-31-21(19)24-16)20(30)23-13-5-6-15(22)17(8-13)29-12(3)25-27-28-29/h4-9H,1-3H3,(H,23,30). The topological polar surface area (TPSA) is 112 Å². The molecule has 0 fully saturated rings. The molecule has 0 aliphatic heterocycles. The summed E-state index contributed by atoms with van der Waals surface area (Å²) in [7, 11) is 0. The molecule has 0 aliphatic carbocycles. The number of benzene rings is 1. The fourth-order valence-electron chi connectivity index (χ4n) is 3.38. The molecular formula is C21H16FN7O2S. The van der Waals surface area contributed by atoms with E-state index in [2.05, 4.69) is 31.0 Å². The van der Waals surface area contributed by atoms with Gasteiger partial charge in [0.05, 0.1) is 27.2 Å². The zero-order chi connectivity index (χ0) is 22.4. The van der Waals surface area contributed by atoms with E-state index < -0.39 is 11.7 Å². The number of aryl methyl sites for hydroxylation is 3. The average Bonchev–Trinajstić information content (AvgIpc) is 3.49. The molecule has 4 heterocycles. The Kier molecular flexibility index (Phi) is 4.74. The van der Waals surface area contributed by atoms with E-state index in [1.807, 2.05) is 19.1 Å². The monoisotopic (exact) mass is 449 g/mol. The number of rotatable bonds is 4. The van der Waals surface area contributed by atoms with Crippen molar-refractivity contribution < 1.29 is 13.7 Å². The molecule has 0 bridgehead atoms. The second kappa shape index (κ2) is 7.61. The van der Waals surface area contributed by atoms with Gasteiger partial charge in [0.2, 0.25) is 0 Å². The number of nitrogens with zero attached hydrogens (tertiary/aromatic N) is 6. The number of pyridine rings is 1. The molecule has 5 aromatic rings. The van der Waals surface area contributed by atoms with Gasteiger partial charge in [-0.1, -0.05) is 5.16 Å². The molecule has 0 spiro atoms. The number of anilines is 1. The fraction of sp³-hybridized carbons (Fsp3) is 0.143. The van der Waals surface area contributed by atoms with E-state index >= 15 is 0 Å². The van der Waals surface area contributed by atoms with Crippen LogP contribution >= 0.6 is 11.3 Å². The number of hydrogen-bond donors (Lipinski definition) is 1. The minimum atomic E-state index is -0.519. The van der Waals surface area contributed by atoms with Crippen molar-refractivity contribution in [3.8, 4) is 16.3 Å². The zero-order valence-corrected chi connectivity index (χ0v) is 18.1. The molecule has 32 heavy (non-hydrogen) atoms. The highest BCUT2D eigenvalue weighted by Crippen LogP contribution is 2.31. The van der Waals surface area contributed by atoms with Gasteiger partial charge in [-0.25, -0.2) is 9.37 Å². The van der Waals surface area contributed by atoms with Crippen LogP contribution in [0.25, 0.3) is 27.4 Å². The summed E-state index contributed by atoms with van der Waals surface area (Å²) in [6.45, 7) is 5.40. The summed E-state index contributed by atoms with van der Waals surface area (Å²) in [6.07, 6.45) is 0. The van der Waals surface area contributed by atoms with E-state index in [1.54, 1.807) is 31.3 Å². The molecule has 0 radical (unpaired) electrons. The number of carbonyl (C=O) groups is 1. The average molecular weight is 449 g/mol. The molecule has 9 nitrogen and oxygen atoms in total. The van der Waals surface area contributed by atoms with Crippen LogP contribution in [-0.2, 0) is 0 Å². The maximum absolute atomic E-state index is 14.4. The van der Waals surface area contributed by atoms with Gasteiger partial charge in [-0.15, -0.1) is 16.4 Å². The molecule has 11 heteroatoms. The first kappa shape index (κ1) is 19.9. The zero-order valence-electron chi connectivity index (χ0n) is 17.3. The van der Waals surface area contributed by atoms with Crippen molar-refractivity contribution in [3.63, 3.8) is 0 Å². The van der Waals surface area contributed by atoms with Gasteiger partial charge in [0.15, 0.2) is 5.82 Å². The van der Waals surface area contributed by atoms with Crippen molar-refractivity contribution in [3.05, 3.63) is 64.2 Å². The van der Waals surface area contributed by atoms with Crippen molar-refractivity contribution in [2.75, 3.05) is 5.32 Å². The van der Waals surface area contributed by atoms with E-state index in [0.29, 0.717) is 33.8 Å². The third kappa shape index (κ3) is 3.42. The molecule has 0 saturated heterocycles. The van der Waals surface area contributed by atoms with Crippen LogP contribution in [0.4, 0.5) is 10.1 Å². The molecule has 1 amide bonds. The van der Waals surface area contributed by atoms with Crippen molar-refractivity contribution in [2.24, 2.45) is 0 Å². The number of halogens is 1. The van der Waals surface area contributed by atoms with Crippen LogP contribution in [-0.4, -0.2) is 36.3 Å². The Morgan fingerprint density at radius 3 is 2.72 bits per heavy atom. The van der Waals surface area contributed by atoms with E-state index in [9.17, 15) is 9.18 Å². The summed E-state index contributed by atoms with van der Waals surface area (Å²) in [6, 6.07) is 9.83. The second-order valence-corrected chi connectivity index (χ2v) is 8.46. The van der Waals surface area contributed by atoms with Crippen LogP contribution in [0, 0.1) is 26.6 Å². The first-order valence-electron chi connectivity index (χ1n) is 9.61. The molecule has 0 unspecified atom stereocenters. The second-order valence-electron chi connectivity index (χ2n) is 7.17. The number of nitrogens with one attached hydrogen (secondary N) is 1. The lowest BCUT2D eigenvalue weighted by Crippen LogP contribution is -2.14. The van der Waals surface area contributed by atoms with Crippen molar-refractivity contribution >= 4 is 34.0 Å². The van der Waals surface area contributed by atoms with Gasteiger partial charge in [0.25, 0.3) is 11.6 Å². The highest BCUT2D eigenvalue weighted by atomic mass is 32.1. The summed E-state index contributed by atoms with van der Waals surface area (Å²) in [5.41, 5.74) is 2.31. The lowest BCUT2D eigenvalue weighted by molar-refractivity contribution is 0.102. The van der Waals surface area contributed by atoms with Crippen LogP contribution in [0.2, 0.25) is 0 Å². The minimum absolute atomic E-state index is 0.126. The largest absolute Gasteiger partial charge is 0.335 e. The van der Waals surface area contributed by atoms with Gasteiger partial charge < -0.3 is 9.84 Å². The predicted octanol–water partition coefficient (Wildman–Crippen LogP) is 4.24. The van der Waals surface area contributed by atoms with Crippen LogP contribution in [0.15, 0.2) is 40.9 Å². The van der Waals surface area contributed by atoms with Crippen molar-refractivity contribution in [1.82, 2.24) is 30.3 Å². The highest BCUT2D eigenvalue weighted by Gasteiger charge is 2.21. The normalized spacial score (nSPS) is 11.2. The molecule has 1 N–H and O–H groups in total. The van der Waals surface area contributed by atoms with Gasteiger partial charge in [-0.2, -0.15) is 4.68 Å². The summed E-state index contributed by atoms with van der Waals surface area (Å²) in [4.78, 5) is 19.8. The van der Waals surface area contributed by atoms with Gasteiger partial charge in [0, 0.05) is 10.6 Å². The number of aromatic nitrogens is 6. The number of thiophene rings is 1.